The first kappa shape index (κ1) is 15.1. The van der Waals surface area contributed by atoms with Gasteiger partial charge in [-0.1, -0.05) is 34.1 Å². The van der Waals surface area contributed by atoms with E-state index in [0.29, 0.717) is 5.75 Å². The van der Waals surface area contributed by atoms with Gasteiger partial charge in [0.1, 0.15) is 5.75 Å². The third kappa shape index (κ3) is 2.88. The number of nitrogens with zero attached hydrogens (tertiary/aromatic N) is 1. The Labute approximate surface area is 139 Å². The van der Waals surface area contributed by atoms with Gasteiger partial charge in [0, 0.05) is 16.2 Å². The van der Waals surface area contributed by atoms with Crippen molar-refractivity contribution in [2.75, 3.05) is 4.90 Å². The van der Waals surface area contributed by atoms with Crippen molar-refractivity contribution < 1.29 is 9.53 Å². The molecule has 0 spiro atoms. The van der Waals surface area contributed by atoms with Gasteiger partial charge in [0.05, 0.1) is 0 Å². The van der Waals surface area contributed by atoms with E-state index in [0.717, 1.165) is 16.6 Å². The fourth-order valence-electron chi connectivity index (χ4n) is 2.86. The van der Waals surface area contributed by atoms with Crippen molar-refractivity contribution in [3.63, 3.8) is 0 Å². The minimum atomic E-state index is -0.519. The molecule has 1 heterocycles. The molecule has 3 nitrogen and oxygen atoms in total. The molecule has 1 amide bonds. The van der Waals surface area contributed by atoms with Gasteiger partial charge in [-0.25, -0.2) is 0 Å². The number of hydrogen-bond donors (Lipinski definition) is 0. The summed E-state index contributed by atoms with van der Waals surface area (Å²) >= 11 is 3.39. The molecular formula is C18H18BrNO2. The molecule has 4 heteroatoms. The van der Waals surface area contributed by atoms with E-state index < -0.39 is 6.10 Å². The summed E-state index contributed by atoms with van der Waals surface area (Å²) in [7, 11) is 0. The number of anilines is 1. The van der Waals surface area contributed by atoms with Gasteiger partial charge in [-0.15, -0.1) is 0 Å². The van der Waals surface area contributed by atoms with E-state index in [9.17, 15) is 4.79 Å². The van der Waals surface area contributed by atoms with Crippen molar-refractivity contribution in [1.82, 2.24) is 0 Å². The third-order valence-electron chi connectivity index (χ3n) is 3.92. The lowest BCUT2D eigenvalue weighted by Crippen LogP contribution is -2.43. The summed E-state index contributed by atoms with van der Waals surface area (Å²) in [4.78, 5) is 14.6. The number of para-hydroxylation sites is 1. The molecule has 1 aliphatic heterocycles. The summed E-state index contributed by atoms with van der Waals surface area (Å²) in [6.45, 7) is 3.88. The number of rotatable bonds is 3. The lowest BCUT2D eigenvalue weighted by atomic mass is 10.1. The molecule has 2 aromatic carbocycles. The third-order valence-corrected chi connectivity index (χ3v) is 4.45. The predicted octanol–water partition coefficient (Wildman–Crippen LogP) is 4.19. The molecule has 0 saturated heterocycles. The first-order valence-corrected chi connectivity index (χ1v) is 8.19. The van der Waals surface area contributed by atoms with Crippen LogP contribution in [0.4, 0.5) is 5.69 Å². The molecule has 3 rings (SSSR count). The van der Waals surface area contributed by atoms with E-state index in [2.05, 4.69) is 28.9 Å². The van der Waals surface area contributed by atoms with Crippen molar-refractivity contribution >= 4 is 27.5 Å². The Balaban J connectivity index is 1.77. The normalized spacial score (nSPS) is 18.0. The molecule has 0 bridgehead atoms. The zero-order chi connectivity index (χ0) is 15.7. The Morgan fingerprint density at radius 1 is 1.23 bits per heavy atom. The largest absolute Gasteiger partial charge is 0.481 e. The molecule has 0 N–H and O–H groups in total. The van der Waals surface area contributed by atoms with Gasteiger partial charge < -0.3 is 9.64 Å². The van der Waals surface area contributed by atoms with Gasteiger partial charge in [0.15, 0.2) is 6.10 Å². The summed E-state index contributed by atoms with van der Waals surface area (Å²) in [5, 5.41) is 0. The maximum Gasteiger partial charge on any atom is 0.268 e. The Bertz CT molecular complexity index is 684. The highest BCUT2D eigenvalue weighted by molar-refractivity contribution is 9.10. The summed E-state index contributed by atoms with van der Waals surface area (Å²) in [5.41, 5.74) is 2.23. The van der Waals surface area contributed by atoms with Crippen LogP contribution >= 0.6 is 15.9 Å². The minimum absolute atomic E-state index is 0.000341. The van der Waals surface area contributed by atoms with Crippen LogP contribution < -0.4 is 9.64 Å². The van der Waals surface area contributed by atoms with Gasteiger partial charge >= 0.3 is 0 Å². The molecule has 0 aromatic heterocycles. The van der Waals surface area contributed by atoms with Gasteiger partial charge in [-0.2, -0.15) is 0 Å². The first-order chi connectivity index (χ1) is 10.6. The second-order valence-electron chi connectivity index (χ2n) is 5.60. The maximum absolute atomic E-state index is 12.8. The Morgan fingerprint density at radius 3 is 2.64 bits per heavy atom. The highest BCUT2D eigenvalue weighted by Gasteiger charge is 2.33. The van der Waals surface area contributed by atoms with Crippen molar-refractivity contribution in [2.45, 2.75) is 32.4 Å². The molecule has 2 atom stereocenters. The van der Waals surface area contributed by atoms with Crippen molar-refractivity contribution in [2.24, 2.45) is 0 Å². The van der Waals surface area contributed by atoms with Crippen LogP contribution in [0.5, 0.6) is 5.75 Å². The molecule has 2 aromatic rings. The molecule has 2 unspecified atom stereocenters. The van der Waals surface area contributed by atoms with E-state index in [-0.39, 0.29) is 11.9 Å². The average molecular weight is 360 g/mol. The molecule has 114 valence electrons. The van der Waals surface area contributed by atoms with Crippen molar-refractivity contribution in [3.05, 3.63) is 58.6 Å². The Morgan fingerprint density at radius 2 is 1.91 bits per heavy atom. The molecule has 0 radical (unpaired) electrons. The fraction of sp³-hybridized carbons (Fsp3) is 0.278. The number of hydrogen-bond acceptors (Lipinski definition) is 2. The van der Waals surface area contributed by atoms with Gasteiger partial charge in [-0.3, -0.25) is 4.79 Å². The Hall–Kier alpha value is -1.81. The van der Waals surface area contributed by atoms with Crippen LogP contribution in [-0.2, 0) is 11.2 Å². The minimum Gasteiger partial charge on any atom is -0.481 e. The van der Waals surface area contributed by atoms with E-state index in [4.69, 9.17) is 4.74 Å². The maximum atomic E-state index is 12.8. The molecule has 0 fully saturated rings. The summed E-state index contributed by atoms with van der Waals surface area (Å²) in [6.07, 6.45) is 0.377. The van der Waals surface area contributed by atoms with E-state index in [1.165, 1.54) is 5.56 Å². The first-order valence-electron chi connectivity index (χ1n) is 7.39. The summed E-state index contributed by atoms with van der Waals surface area (Å²) < 4.78 is 6.78. The zero-order valence-corrected chi connectivity index (χ0v) is 14.2. The lowest BCUT2D eigenvalue weighted by Gasteiger charge is -2.26. The van der Waals surface area contributed by atoms with Crippen molar-refractivity contribution in [3.8, 4) is 5.75 Å². The molecule has 0 aliphatic carbocycles. The molecule has 1 aliphatic rings. The SMILES string of the molecule is CC(Oc1ccc(Br)cc1)C(=O)N1c2ccccc2CC1C. The van der Waals surface area contributed by atoms with Gasteiger partial charge in [0.25, 0.3) is 5.91 Å². The number of ether oxygens (including phenoxy) is 1. The lowest BCUT2D eigenvalue weighted by molar-refractivity contribution is -0.124. The van der Waals surface area contributed by atoms with E-state index in [1.807, 2.05) is 47.4 Å². The number of carbonyl (C=O) groups excluding carboxylic acids is 1. The van der Waals surface area contributed by atoms with Crippen molar-refractivity contribution in [1.29, 1.82) is 0 Å². The summed E-state index contributed by atoms with van der Waals surface area (Å²) in [6, 6.07) is 15.8. The highest BCUT2D eigenvalue weighted by Crippen LogP contribution is 2.32. The second kappa shape index (κ2) is 6.13. The highest BCUT2D eigenvalue weighted by atomic mass is 79.9. The number of benzene rings is 2. The van der Waals surface area contributed by atoms with Gasteiger partial charge in [0.2, 0.25) is 0 Å². The number of fused-ring (bicyclic) bond motifs is 1. The van der Waals surface area contributed by atoms with Crippen LogP contribution in [-0.4, -0.2) is 18.1 Å². The Kier molecular flexibility index (Phi) is 4.21. The summed E-state index contributed by atoms with van der Waals surface area (Å²) in [5.74, 6) is 0.699. The average Bonchev–Trinajstić information content (AvgIpc) is 2.84. The fourth-order valence-corrected chi connectivity index (χ4v) is 3.13. The predicted molar refractivity (Wildman–Crippen MR) is 91.3 cm³/mol. The van der Waals surface area contributed by atoms with Crippen LogP contribution in [0.25, 0.3) is 0 Å². The van der Waals surface area contributed by atoms with Crippen LogP contribution in [0.1, 0.15) is 19.4 Å². The quantitative estimate of drug-likeness (QED) is 0.821. The van der Waals surface area contributed by atoms with Crippen LogP contribution in [0.2, 0.25) is 0 Å². The van der Waals surface area contributed by atoms with Gasteiger partial charge in [-0.05, 0) is 56.2 Å². The molecular weight excluding hydrogens is 342 g/mol. The van der Waals surface area contributed by atoms with E-state index in [1.54, 1.807) is 6.92 Å². The number of halogens is 1. The van der Waals surface area contributed by atoms with E-state index >= 15 is 0 Å². The second-order valence-corrected chi connectivity index (χ2v) is 6.52. The molecule has 22 heavy (non-hydrogen) atoms. The monoisotopic (exact) mass is 359 g/mol. The van der Waals surface area contributed by atoms with Crippen LogP contribution in [0.3, 0.4) is 0 Å². The standard InChI is InChI=1S/C18H18BrNO2/c1-12-11-14-5-3-4-6-17(14)20(12)18(21)13(2)22-16-9-7-15(19)8-10-16/h3-10,12-13H,11H2,1-2H3. The zero-order valence-electron chi connectivity index (χ0n) is 12.6. The molecule has 0 saturated carbocycles. The topological polar surface area (TPSA) is 29.5 Å². The number of carbonyl (C=O) groups is 1. The number of amides is 1. The smallest absolute Gasteiger partial charge is 0.268 e. The van der Waals surface area contributed by atoms with Crippen LogP contribution in [0.15, 0.2) is 53.0 Å². The van der Waals surface area contributed by atoms with Crippen LogP contribution in [0, 0.1) is 0 Å².